The third kappa shape index (κ3) is 5.59. The molecular formula is C15H23NO3. The van der Waals surface area contributed by atoms with Crippen LogP contribution in [0.1, 0.15) is 18.4 Å². The van der Waals surface area contributed by atoms with Gasteiger partial charge in [0.25, 0.3) is 0 Å². The standard InChI is InChI=1S/C15H23NO3/c1-18-15-4-2-3-13(7-15)8-16-9-14(17)11-19-10-12-5-6-12/h2-4,7,12,14,16-17H,5-6,8-11H2,1H3. The van der Waals surface area contributed by atoms with Gasteiger partial charge in [0.15, 0.2) is 0 Å². The molecule has 0 amide bonds. The molecule has 4 nitrogen and oxygen atoms in total. The van der Waals surface area contributed by atoms with Crippen LogP contribution in [0.5, 0.6) is 5.75 Å². The summed E-state index contributed by atoms with van der Waals surface area (Å²) in [6, 6.07) is 7.91. The minimum atomic E-state index is -0.440. The van der Waals surface area contributed by atoms with Gasteiger partial charge in [0.2, 0.25) is 0 Å². The van der Waals surface area contributed by atoms with Gasteiger partial charge in [-0.05, 0) is 36.5 Å². The molecule has 1 aromatic rings. The molecule has 0 heterocycles. The first kappa shape index (κ1) is 14.3. The van der Waals surface area contributed by atoms with Gasteiger partial charge in [-0.1, -0.05) is 12.1 Å². The van der Waals surface area contributed by atoms with Crippen molar-refractivity contribution in [3.63, 3.8) is 0 Å². The van der Waals surface area contributed by atoms with Crippen molar-refractivity contribution in [2.45, 2.75) is 25.5 Å². The Kier molecular flexibility index (Phi) is 5.63. The van der Waals surface area contributed by atoms with Gasteiger partial charge >= 0.3 is 0 Å². The lowest BCUT2D eigenvalue weighted by Crippen LogP contribution is -2.30. The molecule has 0 spiro atoms. The highest BCUT2D eigenvalue weighted by Gasteiger charge is 2.21. The van der Waals surface area contributed by atoms with Gasteiger partial charge in [-0.3, -0.25) is 0 Å². The summed E-state index contributed by atoms with van der Waals surface area (Å²) in [6.07, 6.45) is 2.12. The Labute approximate surface area is 114 Å². The number of ether oxygens (including phenoxy) is 2. The molecule has 0 aromatic heterocycles. The van der Waals surface area contributed by atoms with E-state index in [2.05, 4.69) is 5.32 Å². The highest BCUT2D eigenvalue weighted by Crippen LogP contribution is 2.28. The minimum Gasteiger partial charge on any atom is -0.497 e. The highest BCUT2D eigenvalue weighted by atomic mass is 16.5. The first-order valence-electron chi connectivity index (χ1n) is 6.87. The zero-order chi connectivity index (χ0) is 13.5. The summed E-state index contributed by atoms with van der Waals surface area (Å²) >= 11 is 0. The van der Waals surface area contributed by atoms with Gasteiger partial charge in [-0.25, -0.2) is 0 Å². The Morgan fingerprint density at radius 2 is 2.26 bits per heavy atom. The molecule has 0 bridgehead atoms. The van der Waals surface area contributed by atoms with Crippen LogP contribution in [0.3, 0.4) is 0 Å². The predicted molar refractivity (Wildman–Crippen MR) is 74.3 cm³/mol. The van der Waals surface area contributed by atoms with Crippen LogP contribution >= 0.6 is 0 Å². The molecule has 4 heteroatoms. The number of hydrogen-bond acceptors (Lipinski definition) is 4. The van der Waals surface area contributed by atoms with E-state index in [0.29, 0.717) is 13.2 Å². The van der Waals surface area contributed by atoms with E-state index in [-0.39, 0.29) is 0 Å². The zero-order valence-corrected chi connectivity index (χ0v) is 11.5. The van der Waals surface area contributed by atoms with E-state index in [0.717, 1.165) is 30.4 Å². The number of rotatable bonds is 9. The third-order valence-corrected chi connectivity index (χ3v) is 3.20. The van der Waals surface area contributed by atoms with Crippen LogP contribution < -0.4 is 10.1 Å². The quantitative estimate of drug-likeness (QED) is 0.711. The number of benzene rings is 1. The second-order valence-corrected chi connectivity index (χ2v) is 5.12. The number of hydrogen-bond donors (Lipinski definition) is 2. The first-order chi connectivity index (χ1) is 9.28. The molecule has 1 aliphatic rings. The van der Waals surface area contributed by atoms with Crippen LogP contribution in [-0.2, 0) is 11.3 Å². The normalized spacial score (nSPS) is 16.3. The summed E-state index contributed by atoms with van der Waals surface area (Å²) < 4.78 is 10.6. The average molecular weight is 265 g/mol. The maximum absolute atomic E-state index is 9.75. The third-order valence-electron chi connectivity index (χ3n) is 3.20. The molecule has 1 fully saturated rings. The number of aliphatic hydroxyl groups excluding tert-OH is 1. The van der Waals surface area contributed by atoms with Crippen LogP contribution in [0.15, 0.2) is 24.3 Å². The van der Waals surface area contributed by atoms with E-state index in [4.69, 9.17) is 9.47 Å². The van der Waals surface area contributed by atoms with Crippen molar-refractivity contribution in [2.24, 2.45) is 5.92 Å². The second kappa shape index (κ2) is 7.48. The van der Waals surface area contributed by atoms with Gasteiger partial charge in [0, 0.05) is 19.7 Å². The monoisotopic (exact) mass is 265 g/mol. The molecule has 2 rings (SSSR count). The molecule has 1 atom stereocenters. The molecule has 0 aliphatic heterocycles. The van der Waals surface area contributed by atoms with Crippen LogP contribution in [0, 0.1) is 5.92 Å². The molecule has 106 valence electrons. The number of nitrogens with one attached hydrogen (secondary N) is 1. The number of methoxy groups -OCH3 is 1. The summed E-state index contributed by atoms with van der Waals surface area (Å²) in [5, 5.41) is 13.0. The largest absolute Gasteiger partial charge is 0.497 e. The first-order valence-corrected chi connectivity index (χ1v) is 6.87. The summed E-state index contributed by atoms with van der Waals surface area (Å²) in [7, 11) is 1.66. The smallest absolute Gasteiger partial charge is 0.119 e. The van der Waals surface area contributed by atoms with E-state index in [1.807, 2.05) is 24.3 Å². The molecule has 1 aromatic carbocycles. The fraction of sp³-hybridized carbons (Fsp3) is 0.600. The maximum atomic E-state index is 9.75. The summed E-state index contributed by atoms with van der Waals surface area (Å²) in [5.74, 6) is 1.60. The zero-order valence-electron chi connectivity index (χ0n) is 11.5. The van der Waals surface area contributed by atoms with Gasteiger partial charge in [0.1, 0.15) is 5.75 Å². The summed E-state index contributed by atoms with van der Waals surface area (Å²) in [6.45, 7) is 2.48. The molecule has 2 N–H and O–H groups in total. The van der Waals surface area contributed by atoms with Gasteiger partial charge in [-0.2, -0.15) is 0 Å². The Hall–Kier alpha value is -1.10. The Bertz CT molecular complexity index is 379. The van der Waals surface area contributed by atoms with E-state index in [9.17, 15) is 5.11 Å². The highest BCUT2D eigenvalue weighted by molar-refractivity contribution is 5.28. The van der Waals surface area contributed by atoms with Crippen molar-refractivity contribution in [3.8, 4) is 5.75 Å². The van der Waals surface area contributed by atoms with Gasteiger partial charge in [0.05, 0.1) is 19.8 Å². The second-order valence-electron chi connectivity index (χ2n) is 5.12. The molecule has 0 saturated heterocycles. The van der Waals surface area contributed by atoms with Crippen molar-refractivity contribution < 1.29 is 14.6 Å². The van der Waals surface area contributed by atoms with E-state index < -0.39 is 6.10 Å². The Morgan fingerprint density at radius 3 is 3.00 bits per heavy atom. The minimum absolute atomic E-state index is 0.418. The molecule has 1 saturated carbocycles. The topological polar surface area (TPSA) is 50.7 Å². The van der Waals surface area contributed by atoms with Crippen LogP contribution in [-0.4, -0.2) is 38.1 Å². The van der Waals surface area contributed by atoms with E-state index in [1.165, 1.54) is 12.8 Å². The molecule has 1 aliphatic carbocycles. The molecule has 19 heavy (non-hydrogen) atoms. The molecular weight excluding hydrogens is 242 g/mol. The molecule has 0 radical (unpaired) electrons. The van der Waals surface area contributed by atoms with Crippen molar-refractivity contribution in [1.82, 2.24) is 5.32 Å². The van der Waals surface area contributed by atoms with Crippen molar-refractivity contribution in [1.29, 1.82) is 0 Å². The Balaban J connectivity index is 1.58. The summed E-state index contributed by atoms with van der Waals surface area (Å²) in [4.78, 5) is 0. The van der Waals surface area contributed by atoms with E-state index in [1.54, 1.807) is 7.11 Å². The van der Waals surface area contributed by atoms with Crippen LogP contribution in [0.2, 0.25) is 0 Å². The van der Waals surface area contributed by atoms with Crippen molar-refractivity contribution in [2.75, 3.05) is 26.9 Å². The lowest BCUT2D eigenvalue weighted by Gasteiger charge is -2.12. The summed E-state index contributed by atoms with van der Waals surface area (Å²) in [5.41, 5.74) is 1.14. The Morgan fingerprint density at radius 1 is 1.42 bits per heavy atom. The SMILES string of the molecule is COc1cccc(CNCC(O)COCC2CC2)c1. The lowest BCUT2D eigenvalue weighted by atomic mass is 10.2. The van der Waals surface area contributed by atoms with Gasteiger partial charge in [-0.15, -0.1) is 0 Å². The van der Waals surface area contributed by atoms with Crippen LogP contribution in [0.4, 0.5) is 0 Å². The van der Waals surface area contributed by atoms with Crippen molar-refractivity contribution >= 4 is 0 Å². The fourth-order valence-corrected chi connectivity index (χ4v) is 1.88. The maximum Gasteiger partial charge on any atom is 0.119 e. The van der Waals surface area contributed by atoms with Gasteiger partial charge < -0.3 is 19.9 Å². The number of aliphatic hydroxyl groups is 1. The van der Waals surface area contributed by atoms with Crippen molar-refractivity contribution in [3.05, 3.63) is 29.8 Å². The fourth-order valence-electron chi connectivity index (χ4n) is 1.88. The van der Waals surface area contributed by atoms with Crippen LogP contribution in [0.25, 0.3) is 0 Å². The lowest BCUT2D eigenvalue weighted by molar-refractivity contribution is 0.0324. The van der Waals surface area contributed by atoms with E-state index >= 15 is 0 Å². The molecule has 1 unspecified atom stereocenters. The average Bonchev–Trinajstić information content (AvgIpc) is 3.23. The predicted octanol–water partition coefficient (Wildman–Crippen LogP) is 1.57.